The molecule has 2 N–H and O–H groups in total. The van der Waals surface area contributed by atoms with Gasteiger partial charge in [0.25, 0.3) is 0 Å². The Morgan fingerprint density at radius 3 is 1.52 bits per heavy atom. The van der Waals surface area contributed by atoms with Crippen molar-refractivity contribution in [2.24, 2.45) is 0 Å². The summed E-state index contributed by atoms with van der Waals surface area (Å²) in [6, 6.07) is 15.2. The third-order valence-corrected chi connectivity index (χ3v) is 9.04. The summed E-state index contributed by atoms with van der Waals surface area (Å²) in [5, 5.41) is 17.9. The largest absolute Gasteiger partial charge is 0.505 e. The maximum Gasteiger partial charge on any atom is 0.207 e. The van der Waals surface area contributed by atoms with Gasteiger partial charge in [-0.15, -0.1) is 0 Å². The Morgan fingerprint density at radius 2 is 1.02 bits per heavy atom. The van der Waals surface area contributed by atoms with Crippen LogP contribution in [0.15, 0.2) is 78.6 Å². The summed E-state index contributed by atoms with van der Waals surface area (Å²) < 4.78 is 86.1. The highest BCUT2D eigenvalue weighted by molar-refractivity contribution is 9.11. The highest BCUT2D eigenvalue weighted by Crippen LogP contribution is 2.35. The van der Waals surface area contributed by atoms with Gasteiger partial charge >= 0.3 is 0 Å². The monoisotopic (exact) mass is 1050 g/mol. The van der Waals surface area contributed by atoms with Gasteiger partial charge in [-0.2, -0.15) is 8.78 Å². The molecule has 8 nitrogen and oxygen atoms in total. The molecule has 16 heteroatoms. The molecule has 0 unspecified atom stereocenters. The van der Waals surface area contributed by atoms with Crippen LogP contribution in [0.2, 0.25) is 0 Å². The Balaban J connectivity index is 0.000000387. The van der Waals surface area contributed by atoms with Crippen LogP contribution in [0.25, 0.3) is 0 Å². The van der Waals surface area contributed by atoms with E-state index in [4.69, 9.17) is 33.5 Å². The fourth-order valence-corrected chi connectivity index (χ4v) is 5.18. The number of hydrogen-bond acceptors (Lipinski definition) is 8. The summed E-state index contributed by atoms with van der Waals surface area (Å²) in [4.78, 5) is 0. The summed E-state index contributed by atoms with van der Waals surface area (Å²) in [6.45, 7) is 8.43. The first-order valence-electron chi connectivity index (χ1n) is 17.6. The standard InChI is InChI=1S/C14H20BrFO4.C10H12BrFO2.C10H12BrFO.C6H4BrFO/c1-3-4-7-19-12-6-5-11(15)14(13(12)16)20-9-8-18-10-17-2;1-2-3-6-14-8-5-4-7(11)10(13)9(8)12;1-2-3-6-13-10-5-4-8(11)7-9(10)12;7-4-1-2-6(9)5(8)3-4/h5-6H,3-4,7-10H2,1-2H3;4-5,13H,2-3,6H2,1H3;4-5,7H,2-3,6H2,1H3;1-3,9H. The number of hydrogen-bond donors (Lipinski definition) is 2. The predicted octanol–water partition coefficient (Wildman–Crippen LogP) is 13.3. The molecular formula is C40H48Br4F4O8. The van der Waals surface area contributed by atoms with Gasteiger partial charge in [0.05, 0.1) is 35.4 Å². The fourth-order valence-electron chi connectivity index (χ4n) is 3.79. The minimum Gasteiger partial charge on any atom is -0.505 e. The molecule has 0 aliphatic rings. The summed E-state index contributed by atoms with van der Waals surface area (Å²) >= 11 is 12.5. The highest BCUT2D eigenvalue weighted by Gasteiger charge is 2.15. The van der Waals surface area contributed by atoms with Crippen molar-refractivity contribution < 1.29 is 56.2 Å². The van der Waals surface area contributed by atoms with E-state index in [1.54, 1.807) is 36.4 Å². The summed E-state index contributed by atoms with van der Waals surface area (Å²) in [6.07, 6.45) is 5.75. The molecule has 4 aromatic carbocycles. The van der Waals surface area contributed by atoms with E-state index in [0.29, 0.717) is 45.6 Å². The summed E-state index contributed by atoms with van der Waals surface area (Å²) in [7, 11) is 1.54. The third kappa shape index (κ3) is 20.6. The Morgan fingerprint density at radius 1 is 0.536 bits per heavy atom. The average Bonchev–Trinajstić information content (AvgIpc) is 3.17. The van der Waals surface area contributed by atoms with Gasteiger partial charge in [-0.1, -0.05) is 71.9 Å². The smallest absolute Gasteiger partial charge is 0.207 e. The molecule has 0 bridgehead atoms. The van der Waals surface area contributed by atoms with Crippen molar-refractivity contribution in [3.63, 3.8) is 0 Å². The van der Waals surface area contributed by atoms with Gasteiger partial charge in [0.15, 0.2) is 46.1 Å². The van der Waals surface area contributed by atoms with Crippen LogP contribution in [-0.2, 0) is 9.47 Å². The normalized spacial score (nSPS) is 10.2. The molecule has 0 atom stereocenters. The second-order valence-corrected chi connectivity index (χ2v) is 14.9. The lowest BCUT2D eigenvalue weighted by atomic mass is 10.3. The zero-order valence-electron chi connectivity index (χ0n) is 31.6. The molecule has 0 amide bonds. The topological polar surface area (TPSA) is 95.8 Å². The number of methoxy groups -OCH3 is 1. The van der Waals surface area contributed by atoms with Gasteiger partial charge in [0.2, 0.25) is 11.6 Å². The first kappa shape index (κ1) is 51.3. The number of ether oxygens (including phenoxy) is 6. The molecular weight excluding hydrogens is 1000 g/mol. The van der Waals surface area contributed by atoms with Crippen molar-refractivity contribution in [1.29, 1.82) is 0 Å². The molecule has 0 aromatic heterocycles. The van der Waals surface area contributed by atoms with Crippen LogP contribution < -0.4 is 18.9 Å². The molecule has 0 aliphatic heterocycles. The van der Waals surface area contributed by atoms with Crippen molar-refractivity contribution in [2.75, 3.05) is 46.9 Å². The zero-order chi connectivity index (χ0) is 41.9. The van der Waals surface area contributed by atoms with Crippen LogP contribution in [0.3, 0.4) is 0 Å². The molecule has 0 radical (unpaired) electrons. The predicted molar refractivity (Wildman–Crippen MR) is 224 cm³/mol. The van der Waals surface area contributed by atoms with Crippen LogP contribution in [-0.4, -0.2) is 57.2 Å². The number of halogens is 8. The lowest BCUT2D eigenvalue weighted by Crippen LogP contribution is -2.10. The molecule has 0 spiro atoms. The molecule has 4 aromatic rings. The van der Waals surface area contributed by atoms with E-state index >= 15 is 0 Å². The van der Waals surface area contributed by atoms with Gasteiger partial charge in [-0.05, 0) is 112 Å². The average molecular weight is 1050 g/mol. The molecule has 0 saturated carbocycles. The van der Waals surface area contributed by atoms with Gasteiger partial charge in [-0.25, -0.2) is 8.78 Å². The van der Waals surface area contributed by atoms with E-state index in [-0.39, 0.29) is 42.2 Å². The van der Waals surface area contributed by atoms with Crippen LogP contribution in [0.1, 0.15) is 59.3 Å². The van der Waals surface area contributed by atoms with E-state index < -0.39 is 23.2 Å². The lowest BCUT2D eigenvalue weighted by molar-refractivity contribution is -0.0390. The highest BCUT2D eigenvalue weighted by atomic mass is 79.9. The SMILES string of the molecule is CCCCOc1ccc(Br)c(O)c1F.CCCCOc1ccc(Br)c(OCCOCOC)c1F.CCCCOc1ccc(Br)cc1F.Oc1ccc(Br)cc1F. The number of unbranched alkanes of at least 4 members (excludes halogenated alkanes) is 3. The van der Waals surface area contributed by atoms with E-state index in [1.165, 1.54) is 31.4 Å². The van der Waals surface area contributed by atoms with Crippen LogP contribution >= 0.6 is 63.7 Å². The number of phenols is 2. The van der Waals surface area contributed by atoms with Crippen LogP contribution in [0, 0.1) is 23.3 Å². The van der Waals surface area contributed by atoms with E-state index in [1.807, 2.05) is 6.92 Å². The molecule has 0 heterocycles. The molecule has 56 heavy (non-hydrogen) atoms. The van der Waals surface area contributed by atoms with Crippen molar-refractivity contribution in [3.8, 4) is 34.5 Å². The summed E-state index contributed by atoms with van der Waals surface area (Å²) in [5.41, 5.74) is 0. The van der Waals surface area contributed by atoms with Crippen molar-refractivity contribution in [1.82, 2.24) is 0 Å². The maximum absolute atomic E-state index is 14.2. The Hall–Kier alpha value is -2.76. The van der Waals surface area contributed by atoms with Crippen LogP contribution in [0.4, 0.5) is 17.6 Å². The Labute approximate surface area is 360 Å². The summed E-state index contributed by atoms with van der Waals surface area (Å²) in [5.74, 6) is -2.09. The van der Waals surface area contributed by atoms with E-state index in [2.05, 4.69) is 77.6 Å². The second kappa shape index (κ2) is 30.3. The molecule has 4 rings (SSSR count). The molecule has 312 valence electrons. The van der Waals surface area contributed by atoms with Crippen LogP contribution in [0.5, 0.6) is 34.5 Å². The number of aromatic hydroxyl groups is 2. The molecule has 0 fully saturated rings. The lowest BCUT2D eigenvalue weighted by Gasteiger charge is -2.13. The number of benzene rings is 4. The minimum absolute atomic E-state index is 0.0964. The van der Waals surface area contributed by atoms with E-state index in [0.717, 1.165) is 43.0 Å². The number of phenolic OH excluding ortho intramolecular Hbond substituents is 2. The zero-order valence-corrected chi connectivity index (χ0v) is 38.0. The quantitative estimate of drug-likeness (QED) is 0.0578. The Bertz CT molecular complexity index is 1710. The Kier molecular flexibility index (Phi) is 27.8. The third-order valence-electron chi connectivity index (χ3n) is 6.79. The molecule has 0 saturated heterocycles. The van der Waals surface area contributed by atoms with E-state index in [9.17, 15) is 22.7 Å². The first-order chi connectivity index (χ1) is 26.8. The van der Waals surface area contributed by atoms with Crippen molar-refractivity contribution >= 4 is 63.7 Å². The number of rotatable bonds is 18. The second-order valence-electron chi connectivity index (χ2n) is 11.3. The minimum atomic E-state index is -0.713. The van der Waals surface area contributed by atoms with Crippen molar-refractivity contribution in [3.05, 3.63) is 102 Å². The first-order valence-corrected chi connectivity index (χ1v) is 20.8. The van der Waals surface area contributed by atoms with Crippen molar-refractivity contribution in [2.45, 2.75) is 59.3 Å². The van der Waals surface area contributed by atoms with Gasteiger partial charge in [0.1, 0.15) is 13.4 Å². The van der Waals surface area contributed by atoms with Gasteiger partial charge in [-0.3, -0.25) is 0 Å². The maximum atomic E-state index is 14.2. The molecule has 0 aliphatic carbocycles. The van der Waals surface area contributed by atoms with Gasteiger partial charge in [0, 0.05) is 16.1 Å². The fraction of sp³-hybridized carbons (Fsp3) is 0.400. The van der Waals surface area contributed by atoms with Gasteiger partial charge < -0.3 is 38.6 Å².